The molecule has 2 aromatic rings. The van der Waals surface area contributed by atoms with E-state index in [0.29, 0.717) is 0 Å². The minimum absolute atomic E-state index is 0.161. The average Bonchev–Trinajstić information content (AvgIpc) is 2.88. The van der Waals surface area contributed by atoms with Gasteiger partial charge >= 0.3 is 0 Å². The quantitative estimate of drug-likeness (QED) is 0.423. The molecule has 6 rings (SSSR count). The molecule has 0 N–H and O–H groups in total. The number of benzene rings is 2. The molecule has 2 nitrogen and oxygen atoms in total. The van der Waals surface area contributed by atoms with Gasteiger partial charge in [0.05, 0.1) is 11.5 Å². The first-order valence-electron chi connectivity index (χ1n) is 12.7. The molecule has 0 amide bonds. The maximum Gasteiger partial charge on any atom is 0.193 e. The summed E-state index contributed by atoms with van der Waals surface area (Å²) >= 11 is 1.81. The number of ether oxygens (including phenoxy) is 1. The Morgan fingerprint density at radius 2 is 1.94 bits per heavy atom. The third kappa shape index (κ3) is 3.53. The molecule has 172 valence electrons. The van der Waals surface area contributed by atoms with E-state index >= 15 is 0 Å². The molecule has 1 atom stereocenters. The standard InChI is InChI=1S/C31H30O2S/c1-2-3-4-5-6-11-18-33-26-19-25-20-12-7-8-14-23(20)30(32)24-17-16-22-21-13-9-10-15-27(21)34-31(26)29(22)28(24)25/h7-10,13-17,19,22H,2-6,11-12,18H2,1H3. The Morgan fingerprint density at radius 1 is 1.09 bits per heavy atom. The van der Waals surface area contributed by atoms with E-state index in [4.69, 9.17) is 4.74 Å². The van der Waals surface area contributed by atoms with Gasteiger partial charge in [0, 0.05) is 22.0 Å². The number of rotatable bonds is 8. The molecule has 0 bridgehead atoms. The minimum Gasteiger partial charge on any atom is -0.492 e. The van der Waals surface area contributed by atoms with E-state index < -0.39 is 0 Å². The van der Waals surface area contributed by atoms with Crippen LogP contribution in [0.1, 0.15) is 68.9 Å². The Bertz CT molecular complexity index is 1390. The van der Waals surface area contributed by atoms with Gasteiger partial charge in [-0.25, -0.2) is 0 Å². The van der Waals surface area contributed by atoms with Crippen molar-refractivity contribution in [1.29, 1.82) is 0 Å². The molecule has 4 aliphatic rings. The molecule has 1 heterocycles. The molecule has 0 radical (unpaired) electrons. The van der Waals surface area contributed by atoms with E-state index in [1.807, 2.05) is 12.2 Å². The van der Waals surface area contributed by atoms with Gasteiger partial charge in [-0.3, -0.25) is 4.79 Å². The molecule has 0 aromatic heterocycles. The number of allylic oxidation sites excluding steroid dienone is 6. The van der Waals surface area contributed by atoms with Crippen LogP contribution in [-0.2, 0) is 4.79 Å². The van der Waals surface area contributed by atoms with Crippen molar-refractivity contribution in [3.05, 3.63) is 87.8 Å². The van der Waals surface area contributed by atoms with Crippen LogP contribution in [0, 0.1) is 0 Å². The number of carbonyl (C=O) groups excluding carboxylic acids is 1. The topological polar surface area (TPSA) is 26.3 Å². The fraction of sp³-hybridized carbons (Fsp3) is 0.323. The molecule has 34 heavy (non-hydrogen) atoms. The van der Waals surface area contributed by atoms with Gasteiger partial charge in [-0.2, -0.15) is 0 Å². The molecule has 0 saturated carbocycles. The summed E-state index contributed by atoms with van der Waals surface area (Å²) in [6.45, 7) is 3.00. The first kappa shape index (κ1) is 21.7. The van der Waals surface area contributed by atoms with Gasteiger partial charge < -0.3 is 4.74 Å². The predicted octanol–water partition coefficient (Wildman–Crippen LogP) is 6.36. The first-order valence-corrected chi connectivity index (χ1v) is 13.5. The molecule has 3 aliphatic carbocycles. The number of Topliss-reactive ketones (excluding diaryl/α,β-unsaturated/α-hetero) is 1. The lowest BCUT2D eigenvalue weighted by molar-refractivity contribution is -0.110. The molecular formula is C31H30O2S. The number of fused-ring (bicyclic) bond motifs is 3. The van der Waals surface area contributed by atoms with Crippen LogP contribution in [0.2, 0.25) is 0 Å². The van der Waals surface area contributed by atoms with Crippen LogP contribution in [0.25, 0.3) is 11.1 Å². The normalized spacial score (nSPS) is 18.9. The van der Waals surface area contributed by atoms with Crippen LogP contribution in [0.3, 0.4) is 0 Å². The Labute approximate surface area is 205 Å². The second-order valence-corrected chi connectivity index (χ2v) is 10.6. The Balaban J connectivity index is 1.46. The van der Waals surface area contributed by atoms with Crippen molar-refractivity contribution in [2.75, 3.05) is 6.61 Å². The van der Waals surface area contributed by atoms with Gasteiger partial charge in [0.1, 0.15) is 5.75 Å². The van der Waals surface area contributed by atoms with Gasteiger partial charge in [-0.05, 0) is 52.1 Å². The average molecular weight is 467 g/mol. The van der Waals surface area contributed by atoms with E-state index in [-0.39, 0.29) is 11.7 Å². The molecular weight excluding hydrogens is 436 g/mol. The van der Waals surface area contributed by atoms with E-state index in [0.717, 1.165) is 47.1 Å². The van der Waals surface area contributed by atoms with Crippen molar-refractivity contribution < 1.29 is 9.53 Å². The summed E-state index contributed by atoms with van der Waals surface area (Å²) in [6.07, 6.45) is 18.7. The smallest absolute Gasteiger partial charge is 0.193 e. The lowest BCUT2D eigenvalue weighted by Crippen LogP contribution is -2.42. The van der Waals surface area contributed by atoms with Crippen LogP contribution in [0.4, 0.5) is 0 Å². The van der Waals surface area contributed by atoms with Gasteiger partial charge in [0.25, 0.3) is 0 Å². The highest BCUT2D eigenvalue weighted by Gasteiger charge is 2.35. The van der Waals surface area contributed by atoms with Crippen LogP contribution in [-0.4, -0.2) is 12.4 Å². The number of hydrogen-bond donors (Lipinski definition) is 0. The SMILES string of the molecule is CCCCCCCCOc1cc2c3c4c1Sc1ccccc1C4C=CC=3C(=O)C1=CC=CCC=21. The van der Waals surface area contributed by atoms with Gasteiger partial charge in [-0.15, -0.1) is 0 Å². The molecule has 1 aliphatic heterocycles. The largest absolute Gasteiger partial charge is 0.492 e. The zero-order valence-corrected chi connectivity index (χ0v) is 20.5. The van der Waals surface area contributed by atoms with Crippen molar-refractivity contribution in [3.8, 4) is 5.75 Å². The number of carbonyl (C=O) groups is 1. The summed E-state index contributed by atoms with van der Waals surface area (Å²) in [7, 11) is 0. The summed E-state index contributed by atoms with van der Waals surface area (Å²) < 4.78 is 6.52. The summed E-state index contributed by atoms with van der Waals surface area (Å²) in [5.74, 6) is 1.31. The fourth-order valence-electron chi connectivity index (χ4n) is 5.70. The summed E-state index contributed by atoms with van der Waals surface area (Å²) in [5.41, 5.74) is 5.43. The monoisotopic (exact) mass is 466 g/mol. The number of ketones is 1. The van der Waals surface area contributed by atoms with Crippen molar-refractivity contribution in [2.24, 2.45) is 0 Å². The van der Waals surface area contributed by atoms with E-state index in [9.17, 15) is 4.79 Å². The van der Waals surface area contributed by atoms with Crippen molar-refractivity contribution >= 4 is 28.7 Å². The molecule has 1 unspecified atom stereocenters. The molecule has 0 fully saturated rings. The van der Waals surface area contributed by atoms with Crippen LogP contribution in [0.15, 0.2) is 76.1 Å². The highest BCUT2D eigenvalue weighted by Crippen LogP contribution is 2.50. The van der Waals surface area contributed by atoms with E-state index in [1.54, 1.807) is 11.8 Å². The van der Waals surface area contributed by atoms with Crippen LogP contribution < -0.4 is 15.2 Å². The highest BCUT2D eigenvalue weighted by atomic mass is 32.2. The molecule has 3 heteroatoms. The van der Waals surface area contributed by atoms with Crippen molar-refractivity contribution in [2.45, 2.75) is 67.6 Å². The molecule has 0 spiro atoms. The third-order valence-corrected chi connectivity index (χ3v) is 8.62. The van der Waals surface area contributed by atoms with Crippen LogP contribution >= 0.6 is 11.8 Å². The third-order valence-electron chi connectivity index (χ3n) is 7.40. The zero-order chi connectivity index (χ0) is 23.1. The Hall–Kier alpha value is -2.78. The Kier molecular flexibility index (Phi) is 5.82. The van der Waals surface area contributed by atoms with E-state index in [2.05, 4.69) is 55.5 Å². The van der Waals surface area contributed by atoms with Crippen molar-refractivity contribution in [1.82, 2.24) is 0 Å². The van der Waals surface area contributed by atoms with E-state index in [1.165, 1.54) is 58.2 Å². The maximum atomic E-state index is 13.5. The first-order chi connectivity index (χ1) is 16.8. The highest BCUT2D eigenvalue weighted by molar-refractivity contribution is 7.99. The Morgan fingerprint density at radius 3 is 2.85 bits per heavy atom. The minimum atomic E-state index is 0.161. The lowest BCUT2D eigenvalue weighted by atomic mass is 9.76. The number of unbranched alkanes of at least 4 members (excludes halogenated alkanes) is 5. The van der Waals surface area contributed by atoms with Gasteiger partial charge in [0.2, 0.25) is 0 Å². The summed E-state index contributed by atoms with van der Waals surface area (Å²) in [5, 5.41) is 2.33. The van der Waals surface area contributed by atoms with Gasteiger partial charge in [-0.1, -0.05) is 99.4 Å². The van der Waals surface area contributed by atoms with Crippen molar-refractivity contribution in [3.63, 3.8) is 0 Å². The van der Waals surface area contributed by atoms with Gasteiger partial charge in [0.15, 0.2) is 5.78 Å². The number of hydrogen-bond acceptors (Lipinski definition) is 3. The maximum absolute atomic E-state index is 13.5. The fourth-order valence-corrected chi connectivity index (χ4v) is 6.93. The summed E-state index contributed by atoms with van der Waals surface area (Å²) in [4.78, 5) is 15.9. The lowest BCUT2D eigenvalue weighted by Gasteiger charge is -2.32. The second kappa shape index (κ2) is 9.11. The zero-order valence-electron chi connectivity index (χ0n) is 19.7. The second-order valence-electron chi connectivity index (χ2n) is 9.57. The van der Waals surface area contributed by atoms with Crippen LogP contribution in [0.5, 0.6) is 5.75 Å². The summed E-state index contributed by atoms with van der Waals surface area (Å²) in [6, 6.07) is 10.9. The predicted molar refractivity (Wildman–Crippen MR) is 140 cm³/mol. The molecule has 0 saturated heterocycles. The molecule has 2 aromatic carbocycles.